The Morgan fingerprint density at radius 1 is 1.71 bits per heavy atom. The minimum atomic E-state index is -1.69. The predicted molar refractivity (Wildman–Crippen MR) is 31.8 cm³/mol. The van der Waals surface area contributed by atoms with Gasteiger partial charge in [0.25, 0.3) is 0 Å². The fourth-order valence-electron chi connectivity index (χ4n) is 0.101. The van der Waals surface area contributed by atoms with Crippen LogP contribution in [0.1, 0.15) is 0 Å². The van der Waals surface area contributed by atoms with Gasteiger partial charge in [0.05, 0.1) is 5.75 Å². The molecule has 7 heavy (non-hydrogen) atoms. The van der Waals surface area contributed by atoms with E-state index in [1.54, 1.807) is 0 Å². The van der Waals surface area contributed by atoms with Crippen molar-refractivity contribution in [3.05, 3.63) is 0 Å². The van der Waals surface area contributed by atoms with Crippen molar-refractivity contribution in [2.24, 2.45) is 5.73 Å². The zero-order valence-corrected chi connectivity index (χ0v) is 4.07. The van der Waals surface area contributed by atoms with Crippen LogP contribution in [0.4, 0.5) is 0 Å². The zero-order valence-electron chi connectivity index (χ0n) is 3.26. The maximum absolute atomic E-state index is 9.63. The number of rotatable bonds is 2. The Bertz CT molecular complexity index is 59.7. The van der Waals surface area contributed by atoms with E-state index in [0.717, 1.165) is 0 Å². The van der Waals surface area contributed by atoms with Crippen molar-refractivity contribution >= 4 is 40.6 Å². The van der Waals surface area contributed by atoms with E-state index in [4.69, 9.17) is 10.3 Å². The van der Waals surface area contributed by atoms with Gasteiger partial charge >= 0.3 is 29.6 Å². The molecule has 0 saturated heterocycles. The van der Waals surface area contributed by atoms with Gasteiger partial charge in [0.15, 0.2) is 11.1 Å². The molecule has 1 atom stereocenters. The van der Waals surface area contributed by atoms with E-state index in [-0.39, 0.29) is 41.9 Å². The molecule has 40 valence electrons. The van der Waals surface area contributed by atoms with E-state index >= 15 is 0 Å². The van der Waals surface area contributed by atoms with Crippen LogP contribution >= 0.6 is 0 Å². The molecule has 0 aliphatic carbocycles. The van der Waals surface area contributed by atoms with E-state index < -0.39 is 11.1 Å². The molecule has 1 unspecified atom stereocenters. The summed E-state index contributed by atoms with van der Waals surface area (Å²) in [6.07, 6.45) is 0. The average molecular weight is 133 g/mol. The predicted octanol–water partition coefficient (Wildman–Crippen LogP) is -1.48. The summed E-state index contributed by atoms with van der Waals surface area (Å²) < 4.78 is 17.6. The SMILES string of the molecule is NCCS(=O)O.[NaH]. The molecular formula is C2H8NNaO2S. The maximum atomic E-state index is 9.63. The second-order valence-electron chi connectivity index (χ2n) is 0.814. The van der Waals surface area contributed by atoms with Crippen LogP contribution in [0.2, 0.25) is 0 Å². The molecule has 0 aromatic carbocycles. The molecule has 0 saturated carbocycles. The Kier molecular flexibility index (Phi) is 11.1. The fourth-order valence-corrected chi connectivity index (χ4v) is 0.302. The van der Waals surface area contributed by atoms with Crippen LogP contribution in [0.15, 0.2) is 0 Å². The van der Waals surface area contributed by atoms with Crippen molar-refractivity contribution in [1.29, 1.82) is 0 Å². The fraction of sp³-hybridized carbons (Fsp3) is 1.00. The Morgan fingerprint density at radius 2 is 2.14 bits per heavy atom. The van der Waals surface area contributed by atoms with E-state index in [2.05, 4.69) is 0 Å². The van der Waals surface area contributed by atoms with Gasteiger partial charge in [0.2, 0.25) is 0 Å². The molecule has 0 amide bonds. The molecule has 5 heteroatoms. The molecule has 3 nitrogen and oxygen atoms in total. The van der Waals surface area contributed by atoms with Gasteiger partial charge in [0, 0.05) is 6.54 Å². The van der Waals surface area contributed by atoms with Gasteiger partial charge in [0.1, 0.15) is 0 Å². The van der Waals surface area contributed by atoms with Crippen molar-refractivity contribution in [2.45, 2.75) is 0 Å². The Morgan fingerprint density at radius 3 is 2.14 bits per heavy atom. The quantitative estimate of drug-likeness (QED) is 0.356. The van der Waals surface area contributed by atoms with Crippen molar-refractivity contribution in [2.75, 3.05) is 12.3 Å². The second kappa shape index (κ2) is 7.07. The van der Waals surface area contributed by atoms with Gasteiger partial charge < -0.3 is 10.3 Å². The second-order valence-corrected chi connectivity index (χ2v) is 1.87. The molecule has 0 fully saturated rings. The van der Waals surface area contributed by atoms with Crippen molar-refractivity contribution in [3.8, 4) is 0 Å². The van der Waals surface area contributed by atoms with E-state index in [1.165, 1.54) is 0 Å². The van der Waals surface area contributed by atoms with Crippen LogP contribution < -0.4 is 5.73 Å². The molecular weight excluding hydrogens is 125 g/mol. The average Bonchev–Trinajstić information content (AvgIpc) is 1.35. The van der Waals surface area contributed by atoms with Crippen LogP contribution in [0.25, 0.3) is 0 Å². The Labute approximate surface area is 67.2 Å². The third-order valence-electron chi connectivity index (χ3n) is 0.292. The molecule has 0 aliphatic heterocycles. The standard InChI is InChI=1S/C2H7NO2S.Na.H/c3-1-2-6(4)5;;/h1-3H2,(H,4,5);;. The van der Waals surface area contributed by atoms with E-state index in [9.17, 15) is 4.21 Å². The summed E-state index contributed by atoms with van der Waals surface area (Å²) in [5.41, 5.74) is 4.88. The summed E-state index contributed by atoms with van der Waals surface area (Å²) in [5, 5.41) is 0. The number of hydrogen-bond acceptors (Lipinski definition) is 2. The van der Waals surface area contributed by atoms with Gasteiger partial charge in [-0.25, -0.2) is 4.21 Å². The van der Waals surface area contributed by atoms with Crippen molar-refractivity contribution in [3.63, 3.8) is 0 Å². The Hall–Kier alpha value is 1.07. The summed E-state index contributed by atoms with van der Waals surface area (Å²) >= 11 is -1.69. The van der Waals surface area contributed by atoms with E-state index in [0.29, 0.717) is 0 Å². The van der Waals surface area contributed by atoms with Gasteiger partial charge in [-0.05, 0) is 0 Å². The molecule has 0 heterocycles. The van der Waals surface area contributed by atoms with Crippen molar-refractivity contribution in [1.82, 2.24) is 0 Å². The molecule has 0 bridgehead atoms. The molecule has 0 aliphatic rings. The summed E-state index contributed by atoms with van der Waals surface area (Å²) in [6, 6.07) is 0. The first-order chi connectivity index (χ1) is 2.77. The molecule has 3 N–H and O–H groups in total. The monoisotopic (exact) mass is 133 g/mol. The van der Waals surface area contributed by atoms with Gasteiger partial charge in [-0.15, -0.1) is 0 Å². The molecule has 0 rings (SSSR count). The van der Waals surface area contributed by atoms with Crippen LogP contribution in [-0.4, -0.2) is 50.6 Å². The first-order valence-corrected chi connectivity index (χ1v) is 2.82. The normalized spacial score (nSPS) is 12.3. The molecule has 0 spiro atoms. The first-order valence-electron chi connectivity index (χ1n) is 1.55. The number of nitrogens with two attached hydrogens (primary N) is 1. The van der Waals surface area contributed by atoms with Gasteiger partial charge in [-0.1, -0.05) is 0 Å². The topological polar surface area (TPSA) is 63.3 Å². The van der Waals surface area contributed by atoms with Gasteiger partial charge in [-0.3, -0.25) is 0 Å². The molecule has 0 radical (unpaired) electrons. The van der Waals surface area contributed by atoms with Crippen LogP contribution in [0, 0.1) is 0 Å². The minimum absolute atomic E-state index is 0. The van der Waals surface area contributed by atoms with Crippen LogP contribution in [-0.2, 0) is 11.1 Å². The summed E-state index contributed by atoms with van der Waals surface area (Å²) in [6.45, 7) is 0.281. The summed E-state index contributed by atoms with van der Waals surface area (Å²) in [4.78, 5) is 0. The van der Waals surface area contributed by atoms with Crippen LogP contribution in [0.5, 0.6) is 0 Å². The van der Waals surface area contributed by atoms with Crippen LogP contribution in [0.3, 0.4) is 0 Å². The van der Waals surface area contributed by atoms with Crippen molar-refractivity contribution < 1.29 is 8.76 Å². The first kappa shape index (κ1) is 10.9. The number of hydrogen-bond donors (Lipinski definition) is 2. The zero-order chi connectivity index (χ0) is 4.99. The third-order valence-corrected chi connectivity index (χ3v) is 0.877. The molecule has 0 aromatic heterocycles. The third kappa shape index (κ3) is 11.0. The summed E-state index contributed by atoms with van der Waals surface area (Å²) in [5.74, 6) is 0.181. The summed E-state index contributed by atoms with van der Waals surface area (Å²) in [7, 11) is 0. The van der Waals surface area contributed by atoms with E-state index in [1.807, 2.05) is 0 Å². The molecule has 0 aromatic rings. The van der Waals surface area contributed by atoms with Gasteiger partial charge in [-0.2, -0.15) is 0 Å². The Balaban J connectivity index is 0.